The SMILES string of the molecule is C=C(/C=c1/nc(-c2cncc(C3CC3)n2)cc/c1=C/C)CNC(=O)c1cnc2c(c1)C(C(F)F)COC2.CC. The Hall–Kier alpha value is -3.85. The van der Waals surface area contributed by atoms with Crippen LogP contribution in [0.25, 0.3) is 23.5 Å². The summed E-state index contributed by atoms with van der Waals surface area (Å²) in [5, 5.41) is 4.41. The van der Waals surface area contributed by atoms with Crippen molar-refractivity contribution in [1.29, 1.82) is 0 Å². The van der Waals surface area contributed by atoms with Gasteiger partial charge in [0.1, 0.15) is 5.69 Å². The maximum absolute atomic E-state index is 13.4. The smallest absolute Gasteiger partial charge is 0.253 e. The molecule has 204 valence electrons. The van der Waals surface area contributed by atoms with Crippen LogP contribution >= 0.6 is 0 Å². The molecule has 0 bridgehead atoms. The first-order chi connectivity index (χ1) is 18.9. The van der Waals surface area contributed by atoms with Crippen LogP contribution in [0.2, 0.25) is 0 Å². The van der Waals surface area contributed by atoms with E-state index in [1.54, 1.807) is 6.20 Å². The number of amides is 1. The van der Waals surface area contributed by atoms with Crippen LogP contribution in [0.15, 0.2) is 48.9 Å². The maximum atomic E-state index is 13.4. The third-order valence-electron chi connectivity index (χ3n) is 6.50. The summed E-state index contributed by atoms with van der Waals surface area (Å²) in [6.07, 6.45) is 8.35. The third kappa shape index (κ3) is 6.78. The molecule has 9 heteroatoms. The minimum Gasteiger partial charge on any atom is -0.374 e. The molecular weight excluding hydrogens is 500 g/mol. The number of nitrogens with zero attached hydrogens (tertiary/aromatic N) is 4. The summed E-state index contributed by atoms with van der Waals surface area (Å²) < 4.78 is 32.0. The highest BCUT2D eigenvalue weighted by Crippen LogP contribution is 2.39. The molecule has 39 heavy (non-hydrogen) atoms. The highest BCUT2D eigenvalue weighted by molar-refractivity contribution is 5.94. The number of halogens is 2. The van der Waals surface area contributed by atoms with Gasteiger partial charge in [-0.3, -0.25) is 14.8 Å². The second-order valence-corrected chi connectivity index (χ2v) is 9.26. The highest BCUT2D eigenvalue weighted by Gasteiger charge is 2.30. The van der Waals surface area contributed by atoms with E-state index >= 15 is 0 Å². The molecule has 0 radical (unpaired) electrons. The van der Waals surface area contributed by atoms with E-state index in [4.69, 9.17) is 14.7 Å². The zero-order valence-corrected chi connectivity index (χ0v) is 22.5. The number of rotatable bonds is 7. The average Bonchev–Trinajstić information content (AvgIpc) is 3.82. The number of hydrogen-bond acceptors (Lipinski definition) is 6. The molecule has 0 aromatic carbocycles. The third-order valence-corrected chi connectivity index (χ3v) is 6.50. The van der Waals surface area contributed by atoms with Crippen molar-refractivity contribution in [2.45, 2.75) is 58.5 Å². The molecular formula is C30H33F2N5O2. The Morgan fingerprint density at radius 3 is 2.69 bits per heavy atom. The van der Waals surface area contributed by atoms with Crippen molar-refractivity contribution in [2.75, 3.05) is 13.2 Å². The fourth-order valence-electron chi connectivity index (χ4n) is 4.27. The van der Waals surface area contributed by atoms with Crippen molar-refractivity contribution in [3.8, 4) is 11.4 Å². The van der Waals surface area contributed by atoms with Gasteiger partial charge in [0.05, 0.1) is 53.3 Å². The molecule has 3 aromatic heterocycles. The molecule has 3 aromatic rings. The number of ether oxygens (including phenoxy) is 1. The van der Waals surface area contributed by atoms with Gasteiger partial charge in [-0.1, -0.05) is 32.6 Å². The normalized spacial score (nSPS) is 17.3. The van der Waals surface area contributed by atoms with E-state index in [9.17, 15) is 13.6 Å². The molecule has 7 nitrogen and oxygen atoms in total. The quantitative estimate of drug-likeness (QED) is 0.488. The number of carbonyl (C=O) groups is 1. The molecule has 1 unspecified atom stereocenters. The molecule has 0 spiro atoms. The van der Waals surface area contributed by atoms with Crippen LogP contribution in [0.5, 0.6) is 0 Å². The second-order valence-electron chi connectivity index (χ2n) is 9.26. The Balaban J connectivity index is 0.00000172. The van der Waals surface area contributed by atoms with Crippen LogP contribution in [0.4, 0.5) is 8.78 Å². The van der Waals surface area contributed by atoms with Gasteiger partial charge in [-0.2, -0.15) is 0 Å². The van der Waals surface area contributed by atoms with Crippen molar-refractivity contribution in [3.63, 3.8) is 0 Å². The van der Waals surface area contributed by atoms with Crippen molar-refractivity contribution >= 4 is 18.1 Å². The lowest BCUT2D eigenvalue weighted by Crippen LogP contribution is -2.30. The zero-order chi connectivity index (χ0) is 27.9. The first-order valence-electron chi connectivity index (χ1n) is 13.2. The number of hydrogen-bond donors (Lipinski definition) is 1. The number of pyridine rings is 2. The van der Waals surface area contributed by atoms with E-state index in [0.29, 0.717) is 39.5 Å². The number of alkyl halides is 2. The molecule has 1 aliphatic heterocycles. The van der Waals surface area contributed by atoms with E-state index in [1.165, 1.54) is 12.3 Å². The van der Waals surface area contributed by atoms with E-state index < -0.39 is 18.3 Å². The fraction of sp³-hybridized carbons (Fsp3) is 0.367. The van der Waals surface area contributed by atoms with E-state index in [2.05, 4.69) is 21.9 Å². The summed E-state index contributed by atoms with van der Waals surface area (Å²) in [6.45, 7) is 10.2. The molecule has 1 amide bonds. The summed E-state index contributed by atoms with van der Waals surface area (Å²) in [5.74, 6) is -1.02. The Labute approximate surface area is 226 Å². The maximum Gasteiger partial charge on any atom is 0.253 e. The number of aromatic nitrogens is 4. The molecule has 0 saturated heterocycles. The molecule has 5 rings (SSSR count). The van der Waals surface area contributed by atoms with Gasteiger partial charge in [0.15, 0.2) is 0 Å². The minimum absolute atomic E-state index is 0.0948. The topological polar surface area (TPSA) is 89.9 Å². The number of nitrogens with one attached hydrogen (secondary N) is 1. The monoisotopic (exact) mass is 533 g/mol. The molecule has 1 N–H and O–H groups in total. The summed E-state index contributed by atoms with van der Waals surface area (Å²) in [5.41, 5.74) is 4.06. The van der Waals surface area contributed by atoms with Gasteiger partial charge in [-0.15, -0.1) is 0 Å². The predicted octanol–water partition coefficient (Wildman–Crippen LogP) is 4.28. The van der Waals surface area contributed by atoms with Gasteiger partial charge in [0, 0.05) is 24.9 Å². The number of carbonyl (C=O) groups excluding carboxylic acids is 1. The Kier molecular flexibility index (Phi) is 9.24. The van der Waals surface area contributed by atoms with E-state index in [0.717, 1.165) is 23.8 Å². The zero-order valence-electron chi connectivity index (χ0n) is 22.5. The molecule has 1 saturated carbocycles. The fourth-order valence-corrected chi connectivity index (χ4v) is 4.27. The van der Waals surface area contributed by atoms with E-state index in [-0.39, 0.29) is 25.3 Å². The lowest BCUT2D eigenvalue weighted by molar-refractivity contribution is 0.0212. The lowest BCUT2D eigenvalue weighted by Gasteiger charge is -2.24. The average molecular weight is 534 g/mol. The molecule has 1 aliphatic carbocycles. The van der Waals surface area contributed by atoms with Crippen LogP contribution in [0.3, 0.4) is 0 Å². The predicted molar refractivity (Wildman–Crippen MR) is 147 cm³/mol. The van der Waals surface area contributed by atoms with Crippen LogP contribution in [-0.4, -0.2) is 45.4 Å². The molecule has 4 heterocycles. The van der Waals surface area contributed by atoms with Gasteiger partial charge in [0.2, 0.25) is 6.43 Å². The van der Waals surface area contributed by atoms with Gasteiger partial charge in [-0.25, -0.2) is 18.7 Å². The first-order valence-corrected chi connectivity index (χ1v) is 13.2. The van der Waals surface area contributed by atoms with Gasteiger partial charge >= 0.3 is 0 Å². The van der Waals surface area contributed by atoms with Gasteiger partial charge in [-0.05, 0) is 54.3 Å². The second kappa shape index (κ2) is 12.8. The Bertz CT molecular complexity index is 1470. The van der Waals surface area contributed by atoms with Crippen molar-refractivity contribution in [2.24, 2.45) is 0 Å². The van der Waals surface area contributed by atoms with Crippen LogP contribution in [-0.2, 0) is 11.3 Å². The van der Waals surface area contributed by atoms with Gasteiger partial charge in [0.25, 0.3) is 5.91 Å². The summed E-state index contributed by atoms with van der Waals surface area (Å²) in [4.78, 5) is 30.8. The standard InChI is InChI=1S/C28H27F2N5O2.C2H6/c1-3-17-6-7-22(25-13-31-12-24(35-25)18-4-5-18)34-23(17)8-16(2)10-33-28(36)19-9-20-21(27(29)30)14-37-15-26(20)32-11-19;1-2/h3,6-9,11-13,18,21,27H,2,4-5,10,14-15H2,1H3,(H,33,36);1-2H3/b17-3-,23-8+;. The largest absolute Gasteiger partial charge is 0.374 e. The molecule has 2 aliphatic rings. The highest BCUT2D eigenvalue weighted by atomic mass is 19.3. The summed E-state index contributed by atoms with van der Waals surface area (Å²) in [7, 11) is 0. The Morgan fingerprint density at radius 2 is 1.97 bits per heavy atom. The lowest BCUT2D eigenvalue weighted by atomic mass is 9.95. The molecule has 1 atom stereocenters. The first kappa shape index (κ1) is 28.2. The molecule has 1 fully saturated rings. The van der Waals surface area contributed by atoms with Crippen LogP contribution < -0.4 is 15.9 Å². The summed E-state index contributed by atoms with van der Waals surface area (Å²) >= 11 is 0. The number of fused-ring (bicyclic) bond motifs is 1. The van der Waals surface area contributed by atoms with Crippen molar-refractivity contribution < 1.29 is 18.3 Å². The van der Waals surface area contributed by atoms with Crippen molar-refractivity contribution in [1.82, 2.24) is 25.3 Å². The summed E-state index contributed by atoms with van der Waals surface area (Å²) in [6, 6.07) is 5.36. The Morgan fingerprint density at radius 1 is 1.18 bits per heavy atom. The van der Waals surface area contributed by atoms with Crippen molar-refractivity contribution in [3.05, 3.63) is 82.0 Å². The van der Waals surface area contributed by atoms with Gasteiger partial charge < -0.3 is 10.1 Å². The van der Waals surface area contributed by atoms with E-state index in [1.807, 2.05) is 51.3 Å². The minimum atomic E-state index is -2.59. The van der Waals surface area contributed by atoms with Crippen LogP contribution in [0.1, 0.15) is 72.8 Å². The van der Waals surface area contributed by atoms with Crippen LogP contribution in [0, 0.1) is 0 Å².